The Kier molecular flexibility index (Phi) is 4.31. The van der Waals surface area contributed by atoms with Crippen LogP contribution in [0.25, 0.3) is 11.1 Å². The van der Waals surface area contributed by atoms with Gasteiger partial charge >= 0.3 is 0 Å². The smallest absolute Gasteiger partial charge is 0.276 e. The number of rotatable bonds is 4. The quantitative estimate of drug-likeness (QED) is 0.570. The van der Waals surface area contributed by atoms with Crippen LogP contribution in [-0.2, 0) is 0 Å². The predicted molar refractivity (Wildman–Crippen MR) is 85.4 cm³/mol. The first-order valence-corrected chi connectivity index (χ1v) is 6.99. The van der Waals surface area contributed by atoms with Crippen LogP contribution in [0.15, 0.2) is 73.1 Å². The molecule has 2 aromatic carbocycles. The van der Waals surface area contributed by atoms with Gasteiger partial charge in [0.15, 0.2) is 0 Å². The van der Waals surface area contributed by atoms with E-state index in [9.17, 15) is 4.79 Å². The summed E-state index contributed by atoms with van der Waals surface area (Å²) in [6.45, 7) is 0. The van der Waals surface area contributed by atoms with Gasteiger partial charge in [0.1, 0.15) is 11.5 Å². The summed E-state index contributed by atoms with van der Waals surface area (Å²) in [5, 5.41) is 8.68. The van der Waals surface area contributed by atoms with Crippen LogP contribution in [0.2, 0.25) is 0 Å². The summed E-state index contributed by atoms with van der Waals surface area (Å²) in [5.41, 5.74) is 3.55. The van der Waals surface area contributed by atoms with Crippen LogP contribution in [0.3, 0.4) is 0 Å². The van der Waals surface area contributed by atoms with Crippen LogP contribution in [0.5, 0.6) is 11.5 Å². The molecule has 0 fully saturated rings. The summed E-state index contributed by atoms with van der Waals surface area (Å²) in [6, 6.07) is 18.6. The first-order valence-electron chi connectivity index (χ1n) is 6.99. The lowest BCUT2D eigenvalue weighted by Crippen LogP contribution is -2.18. The molecule has 5 heteroatoms. The van der Waals surface area contributed by atoms with Gasteiger partial charge in [0.05, 0.1) is 5.56 Å². The van der Waals surface area contributed by atoms with E-state index in [1.54, 1.807) is 17.7 Å². The molecule has 0 saturated heterocycles. The van der Waals surface area contributed by atoms with Crippen molar-refractivity contribution in [2.45, 2.75) is 0 Å². The minimum atomic E-state index is -0.594. The summed E-state index contributed by atoms with van der Waals surface area (Å²) in [6.07, 6.45) is 3.04. The van der Waals surface area contributed by atoms with E-state index in [4.69, 9.17) is 9.94 Å². The molecule has 0 unspecified atom stereocenters. The largest absolute Gasteiger partial charge is 0.457 e. The van der Waals surface area contributed by atoms with Crippen LogP contribution >= 0.6 is 0 Å². The lowest BCUT2D eigenvalue weighted by molar-refractivity contribution is 0.0706. The van der Waals surface area contributed by atoms with Gasteiger partial charge in [-0.1, -0.05) is 30.3 Å². The third-order valence-electron chi connectivity index (χ3n) is 3.27. The monoisotopic (exact) mass is 306 g/mol. The maximum Gasteiger partial charge on any atom is 0.276 e. The number of carbonyl (C=O) groups excluding carboxylic acids is 1. The first kappa shape index (κ1) is 14.7. The highest BCUT2D eigenvalue weighted by atomic mass is 16.5. The number of amides is 1. The molecule has 5 nitrogen and oxygen atoms in total. The molecule has 0 aliphatic carbocycles. The number of hydrogen-bond acceptors (Lipinski definition) is 4. The second-order valence-electron chi connectivity index (χ2n) is 4.84. The van der Waals surface area contributed by atoms with Gasteiger partial charge in [-0.15, -0.1) is 0 Å². The Morgan fingerprint density at radius 1 is 0.913 bits per heavy atom. The Hall–Kier alpha value is -3.18. The molecule has 2 N–H and O–H groups in total. The minimum absolute atomic E-state index is 0.287. The number of nitrogens with zero attached hydrogens (tertiary/aromatic N) is 1. The molecule has 0 aliphatic rings. The zero-order valence-corrected chi connectivity index (χ0v) is 12.1. The van der Waals surface area contributed by atoms with Crippen LogP contribution < -0.4 is 10.2 Å². The summed E-state index contributed by atoms with van der Waals surface area (Å²) in [5.74, 6) is 0.893. The van der Waals surface area contributed by atoms with E-state index in [1.807, 2.05) is 54.6 Å². The number of hydroxylamine groups is 1. The zero-order chi connectivity index (χ0) is 16.1. The molecule has 0 atom stereocenters. The van der Waals surface area contributed by atoms with Crippen molar-refractivity contribution in [3.05, 3.63) is 78.6 Å². The number of pyridine rings is 1. The second-order valence-corrected chi connectivity index (χ2v) is 4.84. The molecular weight excluding hydrogens is 292 g/mol. The highest BCUT2D eigenvalue weighted by Crippen LogP contribution is 2.25. The van der Waals surface area contributed by atoms with E-state index in [1.165, 1.54) is 6.20 Å². The SMILES string of the molecule is O=C(NO)c1cncc(-c2ccc(Oc3ccccc3)cc2)c1. The number of benzene rings is 2. The van der Waals surface area contributed by atoms with Crippen molar-refractivity contribution < 1.29 is 14.7 Å². The Morgan fingerprint density at radius 3 is 2.30 bits per heavy atom. The first-order chi connectivity index (χ1) is 11.3. The second kappa shape index (κ2) is 6.72. The number of carbonyl (C=O) groups is 1. The maximum atomic E-state index is 11.4. The molecule has 3 aromatic rings. The number of ether oxygens (including phenoxy) is 1. The van der Waals surface area contributed by atoms with Gasteiger partial charge in [-0.25, -0.2) is 5.48 Å². The fourth-order valence-electron chi connectivity index (χ4n) is 2.13. The summed E-state index contributed by atoms with van der Waals surface area (Å²) in [7, 11) is 0. The van der Waals surface area contributed by atoms with E-state index in [0.29, 0.717) is 0 Å². The predicted octanol–water partition coefficient (Wildman–Crippen LogP) is 3.66. The Labute approximate surface area is 133 Å². The van der Waals surface area contributed by atoms with Gasteiger partial charge in [-0.05, 0) is 35.9 Å². The molecule has 114 valence electrons. The molecule has 23 heavy (non-hydrogen) atoms. The van der Waals surface area contributed by atoms with Gasteiger partial charge < -0.3 is 4.74 Å². The van der Waals surface area contributed by atoms with E-state index >= 15 is 0 Å². The van der Waals surface area contributed by atoms with E-state index in [0.717, 1.165) is 22.6 Å². The fourth-order valence-corrected chi connectivity index (χ4v) is 2.13. The Balaban J connectivity index is 1.81. The molecule has 0 spiro atoms. The van der Waals surface area contributed by atoms with Crippen molar-refractivity contribution >= 4 is 5.91 Å². The number of hydrogen-bond donors (Lipinski definition) is 2. The van der Waals surface area contributed by atoms with E-state index in [-0.39, 0.29) is 5.56 Å². The summed E-state index contributed by atoms with van der Waals surface area (Å²) >= 11 is 0. The minimum Gasteiger partial charge on any atom is -0.457 e. The van der Waals surface area contributed by atoms with Gasteiger partial charge in [-0.3, -0.25) is 15.0 Å². The van der Waals surface area contributed by atoms with Crippen LogP contribution in [0, 0.1) is 0 Å². The number of para-hydroxylation sites is 1. The lowest BCUT2D eigenvalue weighted by Gasteiger charge is -2.07. The Morgan fingerprint density at radius 2 is 1.61 bits per heavy atom. The van der Waals surface area contributed by atoms with Crippen molar-refractivity contribution in [2.24, 2.45) is 0 Å². The zero-order valence-electron chi connectivity index (χ0n) is 12.1. The van der Waals surface area contributed by atoms with Crippen molar-refractivity contribution in [3.8, 4) is 22.6 Å². The normalized spacial score (nSPS) is 10.1. The molecule has 0 saturated carbocycles. The standard InChI is InChI=1S/C18H14N2O3/c21-18(20-22)15-10-14(11-19-12-15)13-6-8-17(9-7-13)23-16-4-2-1-3-5-16/h1-12,22H,(H,20,21). The molecule has 1 aromatic heterocycles. The molecule has 3 rings (SSSR count). The number of aromatic nitrogens is 1. The van der Waals surface area contributed by atoms with E-state index in [2.05, 4.69) is 4.98 Å². The van der Waals surface area contributed by atoms with Crippen LogP contribution in [0.4, 0.5) is 0 Å². The van der Waals surface area contributed by atoms with Crippen molar-refractivity contribution in [3.63, 3.8) is 0 Å². The van der Waals surface area contributed by atoms with Gasteiger partial charge in [0, 0.05) is 18.0 Å². The van der Waals surface area contributed by atoms with Gasteiger partial charge in [-0.2, -0.15) is 0 Å². The molecular formula is C18H14N2O3. The van der Waals surface area contributed by atoms with E-state index < -0.39 is 5.91 Å². The third kappa shape index (κ3) is 3.53. The maximum absolute atomic E-state index is 11.4. The van der Waals surface area contributed by atoms with Crippen LogP contribution in [-0.4, -0.2) is 16.1 Å². The molecule has 1 heterocycles. The van der Waals surface area contributed by atoms with Crippen LogP contribution in [0.1, 0.15) is 10.4 Å². The van der Waals surface area contributed by atoms with Gasteiger partial charge in [0.25, 0.3) is 5.91 Å². The van der Waals surface area contributed by atoms with Crippen molar-refractivity contribution in [1.29, 1.82) is 0 Å². The fraction of sp³-hybridized carbons (Fsp3) is 0. The summed E-state index contributed by atoms with van der Waals surface area (Å²) in [4.78, 5) is 15.5. The number of nitrogens with one attached hydrogen (secondary N) is 1. The average molecular weight is 306 g/mol. The summed E-state index contributed by atoms with van der Waals surface area (Å²) < 4.78 is 5.74. The highest BCUT2D eigenvalue weighted by Gasteiger charge is 2.07. The average Bonchev–Trinajstić information content (AvgIpc) is 2.62. The lowest BCUT2D eigenvalue weighted by atomic mass is 10.1. The molecule has 0 aliphatic heterocycles. The van der Waals surface area contributed by atoms with Crippen molar-refractivity contribution in [2.75, 3.05) is 0 Å². The Bertz CT molecular complexity index is 802. The molecule has 1 amide bonds. The third-order valence-corrected chi connectivity index (χ3v) is 3.27. The topological polar surface area (TPSA) is 71.5 Å². The highest BCUT2D eigenvalue weighted by molar-refractivity contribution is 5.94. The van der Waals surface area contributed by atoms with Gasteiger partial charge in [0.2, 0.25) is 0 Å². The molecule has 0 radical (unpaired) electrons. The van der Waals surface area contributed by atoms with Crippen molar-refractivity contribution in [1.82, 2.24) is 10.5 Å². The molecule has 0 bridgehead atoms.